The minimum Gasteiger partial charge on any atom is -0.768 e. The standard InChI is InChI=1S/C16H9Cl2NO6S3/c17-27(22,23)13-6-14(28(18,24)25)10-4-2-8-12(26(20)21)5-11(19)7-1-3-9(13)16(10)15(7)8/h1-6H,19H2,(H,20,21)/p-1. The quantitative estimate of drug-likeness (QED) is 0.207. The van der Waals surface area contributed by atoms with Crippen molar-refractivity contribution in [2.75, 3.05) is 5.73 Å². The van der Waals surface area contributed by atoms with Gasteiger partial charge in [-0.05, 0) is 28.6 Å². The molecule has 0 heterocycles. The number of benzene rings is 4. The van der Waals surface area contributed by atoms with Gasteiger partial charge in [-0.1, -0.05) is 24.3 Å². The first-order valence-corrected chi connectivity index (χ1v) is 13.1. The van der Waals surface area contributed by atoms with Gasteiger partial charge in [0.2, 0.25) is 0 Å². The van der Waals surface area contributed by atoms with Crippen LogP contribution in [0.5, 0.6) is 0 Å². The molecule has 0 saturated carbocycles. The van der Waals surface area contributed by atoms with Crippen molar-refractivity contribution in [3.63, 3.8) is 0 Å². The van der Waals surface area contributed by atoms with Gasteiger partial charge >= 0.3 is 0 Å². The molecule has 0 amide bonds. The molecule has 4 rings (SSSR count). The number of nitrogen functional groups attached to an aromatic ring is 1. The van der Waals surface area contributed by atoms with Gasteiger partial charge in [0.05, 0.1) is 9.79 Å². The van der Waals surface area contributed by atoms with E-state index in [1.165, 1.54) is 30.3 Å². The Labute approximate surface area is 170 Å². The van der Waals surface area contributed by atoms with Crippen LogP contribution < -0.4 is 5.73 Å². The summed E-state index contributed by atoms with van der Waals surface area (Å²) >= 11 is -2.64. The molecule has 7 nitrogen and oxygen atoms in total. The second-order valence-electron chi connectivity index (χ2n) is 6.02. The van der Waals surface area contributed by atoms with Gasteiger partial charge in [-0.3, -0.25) is 4.21 Å². The summed E-state index contributed by atoms with van der Waals surface area (Å²) < 4.78 is 71.7. The highest BCUT2D eigenvalue weighted by Crippen LogP contribution is 2.44. The molecule has 1 unspecified atom stereocenters. The third-order valence-corrected chi connectivity index (χ3v) is 7.94. The molecule has 12 heteroatoms. The van der Waals surface area contributed by atoms with Crippen LogP contribution in [0.4, 0.5) is 5.69 Å². The van der Waals surface area contributed by atoms with Crippen LogP contribution in [0.2, 0.25) is 0 Å². The number of hydrogen-bond donors (Lipinski definition) is 1. The monoisotopic (exact) mass is 476 g/mol. The van der Waals surface area contributed by atoms with Gasteiger partial charge in [0.1, 0.15) is 0 Å². The number of rotatable bonds is 3. The molecule has 0 aliphatic rings. The third kappa shape index (κ3) is 2.83. The molecule has 1 atom stereocenters. The summed E-state index contributed by atoms with van der Waals surface area (Å²) in [5.74, 6) is 0. The number of nitrogens with two attached hydrogens (primary N) is 1. The minimum absolute atomic E-state index is 0.103. The van der Waals surface area contributed by atoms with E-state index in [4.69, 9.17) is 27.1 Å². The maximum atomic E-state index is 12.1. The Kier molecular flexibility index (Phi) is 4.31. The Hall–Kier alpha value is -1.69. The fourth-order valence-corrected chi connectivity index (χ4v) is 6.26. The zero-order chi connectivity index (χ0) is 20.6. The molecule has 146 valence electrons. The average Bonchev–Trinajstić information content (AvgIpc) is 2.58. The molecule has 28 heavy (non-hydrogen) atoms. The molecule has 0 saturated heterocycles. The average molecular weight is 477 g/mol. The normalized spacial score (nSPS) is 14.2. The van der Waals surface area contributed by atoms with E-state index in [-0.39, 0.29) is 32.1 Å². The zero-order valence-electron chi connectivity index (χ0n) is 13.5. The van der Waals surface area contributed by atoms with E-state index in [1.807, 2.05) is 0 Å². The number of anilines is 1. The van der Waals surface area contributed by atoms with Gasteiger partial charge in [-0.25, -0.2) is 16.8 Å². The molecule has 0 bridgehead atoms. The lowest BCUT2D eigenvalue weighted by Gasteiger charge is -2.19. The highest BCUT2D eigenvalue weighted by molar-refractivity contribution is 8.14. The zero-order valence-corrected chi connectivity index (χ0v) is 17.4. The van der Waals surface area contributed by atoms with Crippen LogP contribution >= 0.6 is 21.4 Å². The van der Waals surface area contributed by atoms with Gasteiger partial charge in [-0.2, -0.15) is 0 Å². The van der Waals surface area contributed by atoms with E-state index >= 15 is 0 Å². The van der Waals surface area contributed by atoms with Crippen molar-refractivity contribution in [1.82, 2.24) is 0 Å². The topological polar surface area (TPSA) is 134 Å². The van der Waals surface area contributed by atoms with Gasteiger partial charge < -0.3 is 10.3 Å². The van der Waals surface area contributed by atoms with Crippen LogP contribution in [0.25, 0.3) is 32.3 Å². The Morgan fingerprint density at radius 1 is 0.786 bits per heavy atom. The molecule has 0 fully saturated rings. The molecule has 0 radical (unpaired) electrons. The second kappa shape index (κ2) is 6.15. The van der Waals surface area contributed by atoms with Crippen LogP contribution in [0.3, 0.4) is 0 Å². The summed E-state index contributed by atoms with van der Waals surface area (Å²) in [5, 5.41) is 1.44. The Morgan fingerprint density at radius 3 is 1.68 bits per heavy atom. The molecule has 0 aliphatic carbocycles. The van der Waals surface area contributed by atoms with E-state index in [1.54, 1.807) is 0 Å². The molecular weight excluding hydrogens is 469 g/mol. The van der Waals surface area contributed by atoms with Gasteiger partial charge in [0, 0.05) is 58.9 Å². The second-order valence-corrected chi connectivity index (χ2v) is 12.0. The smallest absolute Gasteiger partial charge is 0.261 e. The lowest BCUT2D eigenvalue weighted by molar-refractivity contribution is 0.538. The van der Waals surface area contributed by atoms with E-state index in [9.17, 15) is 25.6 Å². The van der Waals surface area contributed by atoms with Crippen LogP contribution in [-0.4, -0.2) is 25.6 Å². The van der Waals surface area contributed by atoms with E-state index in [0.717, 1.165) is 6.07 Å². The number of halogens is 2. The lowest BCUT2D eigenvalue weighted by atomic mass is 9.93. The van der Waals surface area contributed by atoms with Gasteiger partial charge in [0.15, 0.2) is 0 Å². The first kappa shape index (κ1) is 19.6. The first-order chi connectivity index (χ1) is 12.9. The first-order valence-electron chi connectivity index (χ1n) is 7.44. The van der Waals surface area contributed by atoms with Crippen LogP contribution in [0.1, 0.15) is 0 Å². The van der Waals surface area contributed by atoms with Crippen LogP contribution in [-0.2, 0) is 29.2 Å². The molecule has 4 aromatic rings. The van der Waals surface area contributed by atoms with E-state index in [0.29, 0.717) is 10.8 Å². The summed E-state index contributed by atoms with van der Waals surface area (Å²) in [6.07, 6.45) is 0. The van der Waals surface area contributed by atoms with Crippen molar-refractivity contribution in [2.24, 2.45) is 0 Å². The van der Waals surface area contributed by atoms with Crippen molar-refractivity contribution >= 4 is 88.6 Å². The van der Waals surface area contributed by atoms with E-state index in [2.05, 4.69) is 0 Å². The Morgan fingerprint density at radius 2 is 1.21 bits per heavy atom. The van der Waals surface area contributed by atoms with Crippen molar-refractivity contribution in [3.8, 4) is 0 Å². The molecule has 0 aliphatic heterocycles. The highest BCUT2D eigenvalue weighted by atomic mass is 35.7. The molecule has 2 N–H and O–H groups in total. The van der Waals surface area contributed by atoms with Crippen LogP contribution in [0.15, 0.2) is 51.1 Å². The van der Waals surface area contributed by atoms with Crippen molar-refractivity contribution in [1.29, 1.82) is 0 Å². The van der Waals surface area contributed by atoms with Crippen LogP contribution in [0, 0.1) is 0 Å². The minimum atomic E-state index is -4.35. The third-order valence-electron chi connectivity index (χ3n) is 4.52. The number of hydrogen-bond acceptors (Lipinski definition) is 7. The summed E-state index contributed by atoms with van der Waals surface area (Å²) in [5.41, 5.74) is 6.13. The largest absolute Gasteiger partial charge is 0.768 e. The maximum absolute atomic E-state index is 12.1. The fraction of sp³-hybridized carbons (Fsp3) is 0. The fourth-order valence-electron chi connectivity index (χ4n) is 3.46. The predicted octanol–water partition coefficient (Wildman–Crippen LogP) is 3.26. The van der Waals surface area contributed by atoms with Crippen molar-refractivity contribution in [2.45, 2.75) is 14.7 Å². The predicted molar refractivity (Wildman–Crippen MR) is 108 cm³/mol. The summed E-state index contributed by atoms with van der Waals surface area (Å²) in [6.45, 7) is 0. The SMILES string of the molecule is Nc1cc(S(=O)[O-])c2ccc3c(S(=O)(=O)Cl)cc(S(=O)(=O)Cl)c4ccc1c2c43. The lowest BCUT2D eigenvalue weighted by Crippen LogP contribution is -2.02. The molecular formula is C16H8Cl2NO6S3-. The summed E-state index contributed by atoms with van der Waals surface area (Å²) in [6, 6.07) is 7.93. The van der Waals surface area contributed by atoms with E-state index < -0.39 is 39.0 Å². The van der Waals surface area contributed by atoms with Crippen molar-refractivity contribution in [3.05, 3.63) is 36.4 Å². The Balaban J connectivity index is 2.45. The van der Waals surface area contributed by atoms with Gasteiger partial charge in [-0.15, -0.1) is 0 Å². The van der Waals surface area contributed by atoms with Gasteiger partial charge in [0.25, 0.3) is 18.1 Å². The Bertz CT molecular complexity index is 1500. The summed E-state index contributed by atoms with van der Waals surface area (Å²) in [4.78, 5) is -1.01. The van der Waals surface area contributed by atoms with Crippen molar-refractivity contribution < 1.29 is 25.6 Å². The molecule has 0 spiro atoms. The summed E-state index contributed by atoms with van der Waals surface area (Å²) in [7, 11) is 2.35. The molecule has 4 aromatic carbocycles. The highest BCUT2D eigenvalue weighted by Gasteiger charge is 2.26. The maximum Gasteiger partial charge on any atom is 0.261 e. The molecule has 0 aromatic heterocycles.